The van der Waals surface area contributed by atoms with Gasteiger partial charge in [0.1, 0.15) is 11.9 Å². The van der Waals surface area contributed by atoms with Crippen LogP contribution in [0.5, 0.6) is 0 Å². The van der Waals surface area contributed by atoms with E-state index in [1.54, 1.807) is 0 Å². The lowest BCUT2D eigenvalue weighted by atomic mass is 9.89. The van der Waals surface area contributed by atoms with Crippen molar-refractivity contribution in [1.29, 1.82) is 0 Å². The first-order valence-electron chi connectivity index (χ1n) is 18.7. The molecule has 1 aromatic heterocycles. The van der Waals surface area contributed by atoms with Gasteiger partial charge in [0, 0.05) is 36.3 Å². The number of hydrogen-bond donors (Lipinski definition) is 2. The fourth-order valence-corrected chi connectivity index (χ4v) is 7.70. The number of nitrogens with zero attached hydrogens (tertiary/aromatic N) is 4. The molecule has 2 saturated heterocycles. The number of esters is 1. The number of alkyl carbamates (subject to hydrolysis) is 1. The Balaban J connectivity index is 1.17. The largest absolute Gasteiger partial charge is 0.469 e. The number of methoxy groups -OCH3 is 2. The lowest BCUT2D eigenvalue weighted by molar-refractivity contribution is -0.150. The highest BCUT2D eigenvalue weighted by Crippen LogP contribution is 2.35. The lowest BCUT2D eigenvalue weighted by Crippen LogP contribution is -2.53. The van der Waals surface area contributed by atoms with Gasteiger partial charge in [-0.3, -0.25) is 19.4 Å². The van der Waals surface area contributed by atoms with Crippen LogP contribution in [-0.4, -0.2) is 88.7 Å². The van der Waals surface area contributed by atoms with E-state index in [-0.39, 0.29) is 48.1 Å². The molecule has 0 radical (unpaired) electrons. The number of H-pyrrole nitrogens is 1. The highest BCUT2D eigenvalue weighted by Gasteiger charge is 2.39. The molecule has 3 aliphatic heterocycles. The molecule has 12 nitrogen and oxygen atoms in total. The van der Waals surface area contributed by atoms with Crippen LogP contribution in [0.25, 0.3) is 11.0 Å². The number of fused-ring (bicyclic) bond motifs is 2. The molecule has 0 bridgehead atoms. The van der Waals surface area contributed by atoms with Crippen molar-refractivity contribution in [2.24, 2.45) is 22.7 Å². The molecule has 6 rings (SSSR count). The fourth-order valence-electron chi connectivity index (χ4n) is 7.70. The van der Waals surface area contributed by atoms with Crippen molar-refractivity contribution in [3.63, 3.8) is 0 Å². The first kappa shape index (κ1) is 37.6. The van der Waals surface area contributed by atoms with E-state index in [1.165, 1.54) is 14.2 Å². The second-order valence-electron chi connectivity index (χ2n) is 14.9. The van der Waals surface area contributed by atoms with E-state index in [4.69, 9.17) is 19.5 Å². The monoisotopic (exact) mass is 722 g/mol. The summed E-state index contributed by atoms with van der Waals surface area (Å²) in [6.07, 6.45) is 4.51. The van der Waals surface area contributed by atoms with Crippen LogP contribution >= 0.6 is 0 Å². The molecular weight excluding hydrogens is 672 g/mol. The van der Waals surface area contributed by atoms with E-state index in [1.807, 2.05) is 67.8 Å². The Hall–Kier alpha value is -5.18. The van der Waals surface area contributed by atoms with Crippen LogP contribution in [-0.2, 0) is 30.3 Å². The maximum absolute atomic E-state index is 13.8. The maximum Gasteiger partial charge on any atom is 0.407 e. The van der Waals surface area contributed by atoms with Crippen molar-refractivity contribution in [1.82, 2.24) is 25.1 Å². The van der Waals surface area contributed by atoms with Gasteiger partial charge in [-0.25, -0.2) is 9.78 Å². The predicted octanol–water partition coefficient (Wildman–Crippen LogP) is 5.85. The quantitative estimate of drug-likeness (QED) is 0.208. The van der Waals surface area contributed by atoms with Gasteiger partial charge in [-0.05, 0) is 79.8 Å². The van der Waals surface area contributed by atoms with Gasteiger partial charge >= 0.3 is 12.1 Å². The molecule has 0 aliphatic carbocycles. The SMILES string of the molecule is COC(=O)C[C@H](C(=O)N1CCCC[C@H]1c1nc2ccc(C#Cc3ccc4c(c3)N=C([C@@H]3CCCN3C(=O)[C@@H](NC(=O)OC)C(C)C)C4)cc2[nH]1)C(C)C. The molecule has 4 atom stereocenters. The average Bonchev–Trinajstić information content (AvgIpc) is 3.92. The molecule has 3 aromatic rings. The minimum absolute atomic E-state index is 0.00492. The molecule has 53 heavy (non-hydrogen) atoms. The zero-order valence-electron chi connectivity index (χ0n) is 31.5. The Labute approximate surface area is 311 Å². The molecule has 0 unspecified atom stereocenters. The summed E-state index contributed by atoms with van der Waals surface area (Å²) in [6, 6.07) is 10.9. The van der Waals surface area contributed by atoms with Crippen LogP contribution in [0.15, 0.2) is 41.4 Å². The summed E-state index contributed by atoms with van der Waals surface area (Å²) in [5.41, 5.74) is 6.24. The van der Waals surface area contributed by atoms with Gasteiger partial charge in [0.15, 0.2) is 0 Å². The van der Waals surface area contributed by atoms with Crippen molar-refractivity contribution in [2.45, 2.75) is 90.8 Å². The molecule has 3 aliphatic rings. The van der Waals surface area contributed by atoms with Gasteiger partial charge in [-0.1, -0.05) is 45.6 Å². The van der Waals surface area contributed by atoms with Gasteiger partial charge in [0.2, 0.25) is 11.8 Å². The molecular formula is C41H50N6O6. The van der Waals surface area contributed by atoms with Crippen LogP contribution in [0.4, 0.5) is 10.5 Å². The molecule has 3 amide bonds. The van der Waals surface area contributed by atoms with E-state index < -0.39 is 18.1 Å². The third-order valence-electron chi connectivity index (χ3n) is 10.7. The summed E-state index contributed by atoms with van der Waals surface area (Å²) in [6.45, 7) is 9.00. The number of aromatic amines is 1. The standard InChI is InChI=1S/C41H50N6O6/c1-24(2)29(23-36(48)52-5)39(49)47-18-8-7-10-35(47)38-43-30-17-15-27(21-32(30)44-38)13-12-26-14-16-28-22-33(42-31(28)20-26)34-11-9-19-46(34)40(50)37(25(3)4)45-41(51)53-6/h14-17,20-21,24-25,29,34-35,37H,7-11,18-19,22-23H2,1-6H3,(H,43,44)(H,45,51)/t29-,34-,35-,37-/m0/s1. The number of benzene rings is 2. The number of hydrogen-bond acceptors (Lipinski definition) is 8. The predicted molar refractivity (Wildman–Crippen MR) is 201 cm³/mol. The number of nitrogens with one attached hydrogen (secondary N) is 2. The maximum atomic E-state index is 13.8. The van der Waals surface area contributed by atoms with Gasteiger partial charge in [-0.2, -0.15) is 0 Å². The highest BCUT2D eigenvalue weighted by molar-refractivity contribution is 6.01. The van der Waals surface area contributed by atoms with Crippen molar-refractivity contribution < 1.29 is 28.7 Å². The van der Waals surface area contributed by atoms with Crippen LogP contribution < -0.4 is 5.32 Å². The number of amides is 3. The van der Waals surface area contributed by atoms with E-state index >= 15 is 0 Å². The van der Waals surface area contributed by atoms with E-state index in [2.05, 4.69) is 28.2 Å². The Morgan fingerprint density at radius 3 is 2.28 bits per heavy atom. The third-order valence-corrected chi connectivity index (χ3v) is 10.7. The molecule has 2 aromatic carbocycles. The number of aliphatic imine (C=N–C) groups is 1. The zero-order valence-corrected chi connectivity index (χ0v) is 31.5. The Morgan fingerprint density at radius 1 is 0.868 bits per heavy atom. The molecule has 4 heterocycles. The molecule has 0 spiro atoms. The van der Waals surface area contributed by atoms with Gasteiger partial charge in [0.25, 0.3) is 0 Å². The number of piperidine rings is 1. The molecule has 0 saturated carbocycles. The van der Waals surface area contributed by atoms with Crippen LogP contribution in [0.2, 0.25) is 0 Å². The summed E-state index contributed by atoms with van der Waals surface area (Å²) in [5, 5.41) is 2.71. The van der Waals surface area contributed by atoms with Gasteiger partial charge in [-0.15, -0.1) is 0 Å². The summed E-state index contributed by atoms with van der Waals surface area (Å²) in [5.74, 6) is 6.25. The summed E-state index contributed by atoms with van der Waals surface area (Å²) < 4.78 is 9.65. The number of aromatic nitrogens is 2. The first-order chi connectivity index (χ1) is 25.5. The minimum atomic E-state index is -0.671. The van der Waals surface area contributed by atoms with Crippen molar-refractivity contribution in [3.8, 4) is 11.8 Å². The topological polar surface area (TPSA) is 146 Å². The number of likely N-dealkylation sites (tertiary alicyclic amines) is 2. The van der Waals surface area contributed by atoms with E-state index in [9.17, 15) is 19.2 Å². The number of rotatable bonds is 9. The molecule has 2 fully saturated rings. The second kappa shape index (κ2) is 16.2. The lowest BCUT2D eigenvalue weighted by Gasteiger charge is -2.37. The molecule has 12 heteroatoms. The number of carbonyl (C=O) groups is 4. The third kappa shape index (κ3) is 8.24. The molecule has 280 valence electrons. The summed E-state index contributed by atoms with van der Waals surface area (Å²) in [7, 11) is 2.65. The van der Waals surface area contributed by atoms with Crippen LogP contribution in [0, 0.1) is 29.6 Å². The summed E-state index contributed by atoms with van der Waals surface area (Å²) in [4.78, 5) is 68.5. The van der Waals surface area contributed by atoms with Crippen molar-refractivity contribution >= 4 is 46.3 Å². The Morgan fingerprint density at radius 2 is 1.57 bits per heavy atom. The second-order valence-corrected chi connectivity index (χ2v) is 14.9. The van der Waals surface area contributed by atoms with E-state index in [0.29, 0.717) is 19.5 Å². The van der Waals surface area contributed by atoms with Gasteiger partial charge < -0.3 is 29.6 Å². The van der Waals surface area contributed by atoms with E-state index in [0.717, 1.165) is 77.1 Å². The Bertz CT molecular complexity index is 1970. The van der Waals surface area contributed by atoms with Crippen molar-refractivity contribution in [3.05, 3.63) is 58.9 Å². The normalized spacial score (nSPS) is 19.4. The number of imidazole rings is 1. The van der Waals surface area contributed by atoms with Gasteiger partial charge in [0.05, 0.1) is 55.4 Å². The van der Waals surface area contributed by atoms with Crippen LogP contribution in [0.3, 0.4) is 0 Å². The number of ether oxygens (including phenoxy) is 2. The Kier molecular flexibility index (Phi) is 11.5. The van der Waals surface area contributed by atoms with Crippen molar-refractivity contribution in [2.75, 3.05) is 27.3 Å². The fraction of sp³-hybridized carbons (Fsp3) is 0.512. The zero-order chi connectivity index (χ0) is 37.8. The average molecular weight is 723 g/mol. The molecule has 2 N–H and O–H groups in total. The highest BCUT2D eigenvalue weighted by atomic mass is 16.5. The summed E-state index contributed by atoms with van der Waals surface area (Å²) >= 11 is 0. The minimum Gasteiger partial charge on any atom is -0.469 e. The number of carbonyl (C=O) groups excluding carboxylic acids is 4. The smallest absolute Gasteiger partial charge is 0.407 e. The first-order valence-corrected chi connectivity index (χ1v) is 18.7. The van der Waals surface area contributed by atoms with Crippen LogP contribution in [0.1, 0.15) is 94.8 Å².